The van der Waals surface area contributed by atoms with E-state index in [4.69, 9.17) is 0 Å². The Kier molecular flexibility index (Phi) is 7.31. The van der Waals surface area contributed by atoms with Crippen LogP contribution in [-0.2, 0) is 11.0 Å². The monoisotopic (exact) mass is 397 g/mol. The highest BCUT2D eigenvalue weighted by Crippen LogP contribution is 2.30. The van der Waals surface area contributed by atoms with Crippen molar-refractivity contribution in [3.63, 3.8) is 0 Å². The molecule has 0 saturated carbocycles. The largest absolute Gasteiger partial charge is 0.416 e. The fourth-order valence-electron chi connectivity index (χ4n) is 2.75. The molecule has 1 aromatic rings. The van der Waals surface area contributed by atoms with Crippen LogP contribution in [0.2, 0.25) is 0 Å². The Morgan fingerprint density at radius 2 is 1.82 bits per heavy atom. The van der Waals surface area contributed by atoms with E-state index in [1.165, 1.54) is 17.0 Å². The minimum atomic E-state index is -4.33. The van der Waals surface area contributed by atoms with Crippen LogP contribution >= 0.6 is 0 Å². The maximum absolute atomic E-state index is 12.7. The lowest BCUT2D eigenvalue weighted by molar-refractivity contribution is -0.137. The number of halogens is 3. The summed E-state index contributed by atoms with van der Waals surface area (Å²) >= 11 is 0. The molecule has 0 aromatic heterocycles. The molecule has 1 fully saturated rings. The molecule has 0 spiro atoms. The van der Waals surface area contributed by atoms with E-state index in [0.29, 0.717) is 38.7 Å². The second-order valence-corrected chi connectivity index (χ2v) is 6.62. The van der Waals surface area contributed by atoms with Gasteiger partial charge < -0.3 is 20.0 Å². The molecule has 0 unspecified atom stereocenters. The molecule has 1 aliphatic heterocycles. The zero-order chi connectivity index (χ0) is 20.7. The number of guanidine groups is 1. The highest BCUT2D eigenvalue weighted by Gasteiger charge is 2.30. The summed E-state index contributed by atoms with van der Waals surface area (Å²) in [4.78, 5) is 21.7. The van der Waals surface area contributed by atoms with Crippen LogP contribution < -0.4 is 10.2 Å². The number of anilines is 1. The van der Waals surface area contributed by atoms with Gasteiger partial charge in [-0.25, -0.2) is 4.99 Å². The molecule has 28 heavy (non-hydrogen) atoms. The number of hydrogen-bond donors (Lipinski definition) is 1. The average Bonchev–Trinajstić information content (AvgIpc) is 2.67. The molecule has 0 bridgehead atoms. The molecular weight excluding hydrogens is 371 g/mol. The van der Waals surface area contributed by atoms with Crippen molar-refractivity contribution in [2.75, 3.05) is 58.3 Å². The minimum absolute atomic E-state index is 0.0472. The molecule has 0 aliphatic carbocycles. The van der Waals surface area contributed by atoms with E-state index in [2.05, 4.69) is 16.9 Å². The fraction of sp³-hybridized carbons (Fsp3) is 0.474. The third-order valence-electron chi connectivity index (χ3n) is 4.41. The Bertz CT molecular complexity index is 693. The molecular formula is C19H26F3N5O. The Hall–Kier alpha value is -2.71. The van der Waals surface area contributed by atoms with Gasteiger partial charge in [0, 0.05) is 52.5 Å². The van der Waals surface area contributed by atoms with Crippen molar-refractivity contribution in [3.8, 4) is 0 Å². The third-order valence-corrected chi connectivity index (χ3v) is 4.41. The number of carbonyl (C=O) groups is 1. The van der Waals surface area contributed by atoms with E-state index >= 15 is 0 Å². The topological polar surface area (TPSA) is 51.2 Å². The maximum atomic E-state index is 12.7. The molecule has 1 aliphatic rings. The van der Waals surface area contributed by atoms with Gasteiger partial charge >= 0.3 is 6.18 Å². The molecule has 154 valence electrons. The van der Waals surface area contributed by atoms with Gasteiger partial charge in [0.25, 0.3) is 0 Å². The number of alkyl halides is 3. The second kappa shape index (κ2) is 9.48. The van der Waals surface area contributed by atoms with Crippen molar-refractivity contribution < 1.29 is 18.0 Å². The van der Waals surface area contributed by atoms with Gasteiger partial charge in [-0.05, 0) is 24.3 Å². The number of nitrogens with zero attached hydrogens (tertiary/aromatic N) is 4. The van der Waals surface area contributed by atoms with Crippen molar-refractivity contribution in [3.05, 3.63) is 42.5 Å². The SMILES string of the molecule is C=CCNC(=NCC(=O)N(C)C)N1CCN(c2ccc(C(F)(F)F)cc2)CC1. The lowest BCUT2D eigenvalue weighted by Gasteiger charge is -2.37. The maximum Gasteiger partial charge on any atom is 0.416 e. The molecule has 1 saturated heterocycles. The number of aliphatic imine (C=N–C) groups is 1. The van der Waals surface area contributed by atoms with Gasteiger partial charge in [0.05, 0.1) is 5.56 Å². The van der Waals surface area contributed by atoms with E-state index in [0.717, 1.165) is 17.8 Å². The lowest BCUT2D eigenvalue weighted by atomic mass is 10.1. The van der Waals surface area contributed by atoms with Crippen molar-refractivity contribution in [2.45, 2.75) is 6.18 Å². The van der Waals surface area contributed by atoms with Crippen LogP contribution in [-0.4, -0.2) is 75.0 Å². The number of hydrogen-bond acceptors (Lipinski definition) is 3. The first-order valence-electron chi connectivity index (χ1n) is 8.99. The van der Waals surface area contributed by atoms with E-state index in [1.807, 2.05) is 9.80 Å². The van der Waals surface area contributed by atoms with Crippen LogP contribution in [0.25, 0.3) is 0 Å². The van der Waals surface area contributed by atoms with Gasteiger partial charge in [-0.15, -0.1) is 6.58 Å². The van der Waals surface area contributed by atoms with E-state index < -0.39 is 11.7 Å². The highest BCUT2D eigenvalue weighted by atomic mass is 19.4. The van der Waals surface area contributed by atoms with E-state index in [1.54, 1.807) is 20.2 Å². The minimum Gasteiger partial charge on any atom is -0.368 e. The summed E-state index contributed by atoms with van der Waals surface area (Å²) < 4.78 is 38.1. The van der Waals surface area contributed by atoms with Crippen LogP contribution in [0.15, 0.2) is 41.9 Å². The van der Waals surface area contributed by atoms with Gasteiger partial charge in [0.2, 0.25) is 5.91 Å². The first-order chi connectivity index (χ1) is 13.2. The van der Waals surface area contributed by atoms with Gasteiger partial charge in [0.1, 0.15) is 6.54 Å². The Morgan fingerprint density at radius 1 is 1.21 bits per heavy atom. The Labute approximate surface area is 163 Å². The summed E-state index contributed by atoms with van der Waals surface area (Å²) in [5.41, 5.74) is 0.108. The highest BCUT2D eigenvalue weighted by molar-refractivity contribution is 5.85. The number of piperazine rings is 1. The standard InChI is InChI=1S/C19H26F3N5O/c1-4-9-23-18(24-14-17(28)25(2)3)27-12-10-26(11-13-27)16-7-5-15(6-8-16)19(20,21)22/h4-8H,1,9-14H2,2-3H3,(H,23,24). The van der Waals surface area contributed by atoms with Gasteiger partial charge in [-0.3, -0.25) is 4.79 Å². The normalized spacial score (nSPS) is 15.4. The van der Waals surface area contributed by atoms with E-state index in [9.17, 15) is 18.0 Å². The summed E-state index contributed by atoms with van der Waals surface area (Å²) in [6.07, 6.45) is -2.62. The molecule has 6 nitrogen and oxygen atoms in total. The number of amides is 1. The van der Waals surface area contributed by atoms with Crippen LogP contribution in [0, 0.1) is 0 Å². The zero-order valence-electron chi connectivity index (χ0n) is 16.2. The predicted molar refractivity (Wildman–Crippen MR) is 104 cm³/mol. The van der Waals surface area contributed by atoms with Gasteiger partial charge in [-0.2, -0.15) is 13.2 Å². The zero-order valence-corrected chi connectivity index (χ0v) is 16.2. The molecule has 1 heterocycles. The van der Waals surface area contributed by atoms with Gasteiger partial charge in [0.15, 0.2) is 5.96 Å². The summed E-state index contributed by atoms with van der Waals surface area (Å²) in [6, 6.07) is 5.21. The van der Waals surface area contributed by atoms with Gasteiger partial charge in [-0.1, -0.05) is 6.08 Å². The van der Waals surface area contributed by atoms with Crippen LogP contribution in [0.4, 0.5) is 18.9 Å². The molecule has 1 aromatic carbocycles. The molecule has 9 heteroatoms. The van der Waals surface area contributed by atoms with Crippen molar-refractivity contribution in [2.24, 2.45) is 4.99 Å². The molecule has 2 rings (SSSR count). The first kappa shape index (κ1) is 21.6. The summed E-state index contributed by atoms with van der Waals surface area (Å²) in [6.45, 7) is 6.81. The number of likely N-dealkylation sites (N-methyl/N-ethyl adjacent to an activating group) is 1. The first-order valence-corrected chi connectivity index (χ1v) is 8.99. The van der Waals surface area contributed by atoms with Crippen molar-refractivity contribution in [1.82, 2.24) is 15.1 Å². The lowest BCUT2D eigenvalue weighted by Crippen LogP contribution is -2.52. The number of benzene rings is 1. The number of carbonyl (C=O) groups excluding carboxylic acids is 1. The smallest absolute Gasteiger partial charge is 0.368 e. The fourth-order valence-corrected chi connectivity index (χ4v) is 2.75. The van der Waals surface area contributed by atoms with E-state index in [-0.39, 0.29) is 12.5 Å². The van der Waals surface area contributed by atoms with Crippen molar-refractivity contribution in [1.29, 1.82) is 0 Å². The number of nitrogens with one attached hydrogen (secondary N) is 1. The molecule has 0 atom stereocenters. The summed E-state index contributed by atoms with van der Waals surface area (Å²) in [5.74, 6) is 0.531. The van der Waals surface area contributed by atoms with Crippen LogP contribution in [0.3, 0.4) is 0 Å². The van der Waals surface area contributed by atoms with Crippen LogP contribution in [0.1, 0.15) is 5.56 Å². The van der Waals surface area contributed by atoms with Crippen LogP contribution in [0.5, 0.6) is 0 Å². The third kappa shape index (κ3) is 5.90. The Balaban J connectivity index is 2.00. The van der Waals surface area contributed by atoms with Crippen molar-refractivity contribution >= 4 is 17.6 Å². The summed E-state index contributed by atoms with van der Waals surface area (Å²) in [5, 5.41) is 3.16. The quantitative estimate of drug-likeness (QED) is 0.469. The molecule has 0 radical (unpaired) electrons. The summed E-state index contributed by atoms with van der Waals surface area (Å²) in [7, 11) is 3.36. The molecule has 1 amide bonds. The second-order valence-electron chi connectivity index (χ2n) is 6.62. The number of rotatable bonds is 5. The Morgan fingerprint density at radius 3 is 2.32 bits per heavy atom. The molecule has 1 N–H and O–H groups in total. The average molecular weight is 397 g/mol. The predicted octanol–water partition coefficient (Wildman–Crippen LogP) is 2.05.